The van der Waals surface area contributed by atoms with E-state index in [4.69, 9.17) is 9.47 Å². The van der Waals surface area contributed by atoms with Gasteiger partial charge in [-0.05, 0) is 95.0 Å². The SMILES string of the molecule is CCOC(=O)C(C)(C)Oc1c(C)cc(CC[C@H]2CNCC2C(=O)c2ccc(SC)cc2)cc1C. The van der Waals surface area contributed by atoms with Crippen LogP contribution in [0.1, 0.15) is 54.2 Å². The lowest BCUT2D eigenvalue weighted by molar-refractivity contribution is -0.158. The molecule has 1 heterocycles. The Balaban J connectivity index is 1.66. The van der Waals surface area contributed by atoms with E-state index in [1.807, 2.05) is 44.4 Å². The Morgan fingerprint density at radius 1 is 1.09 bits per heavy atom. The third-order valence-electron chi connectivity index (χ3n) is 6.50. The van der Waals surface area contributed by atoms with Gasteiger partial charge in [0.15, 0.2) is 11.4 Å². The standard InChI is InChI=1S/C28H37NO4S/c1-7-32-27(31)28(4,5)33-26-18(2)14-20(15-19(26)3)8-9-22-16-29-17-24(22)25(30)21-10-12-23(34-6)13-11-21/h10-15,22,24,29H,7-9,16-17H2,1-6H3/t22-,24?/m0/s1. The highest BCUT2D eigenvalue weighted by Crippen LogP contribution is 2.31. The number of aryl methyl sites for hydroxylation is 3. The van der Waals surface area contributed by atoms with Crippen LogP contribution >= 0.6 is 11.8 Å². The topological polar surface area (TPSA) is 64.6 Å². The van der Waals surface area contributed by atoms with Crippen LogP contribution in [0.4, 0.5) is 0 Å². The minimum atomic E-state index is -1.05. The average Bonchev–Trinajstić information content (AvgIpc) is 3.28. The Kier molecular flexibility index (Phi) is 8.83. The molecule has 5 nitrogen and oxygen atoms in total. The van der Waals surface area contributed by atoms with Gasteiger partial charge in [0.1, 0.15) is 5.75 Å². The zero-order valence-corrected chi connectivity index (χ0v) is 22.0. The summed E-state index contributed by atoms with van der Waals surface area (Å²) < 4.78 is 11.2. The van der Waals surface area contributed by atoms with Crippen molar-refractivity contribution in [3.63, 3.8) is 0 Å². The van der Waals surface area contributed by atoms with Crippen LogP contribution in [0.5, 0.6) is 5.75 Å². The summed E-state index contributed by atoms with van der Waals surface area (Å²) in [6, 6.07) is 12.2. The van der Waals surface area contributed by atoms with Crippen molar-refractivity contribution in [1.82, 2.24) is 5.32 Å². The number of ether oxygens (including phenoxy) is 2. The van der Waals surface area contributed by atoms with Gasteiger partial charge >= 0.3 is 5.97 Å². The van der Waals surface area contributed by atoms with Crippen molar-refractivity contribution < 1.29 is 19.1 Å². The molecule has 2 aromatic carbocycles. The maximum atomic E-state index is 13.2. The number of carbonyl (C=O) groups excluding carboxylic acids is 2. The van der Waals surface area contributed by atoms with E-state index in [0.717, 1.165) is 48.4 Å². The molecule has 3 rings (SSSR count). The zero-order chi connectivity index (χ0) is 24.9. The zero-order valence-electron chi connectivity index (χ0n) is 21.2. The van der Waals surface area contributed by atoms with Crippen molar-refractivity contribution in [2.75, 3.05) is 26.0 Å². The second-order valence-corrected chi connectivity index (χ2v) is 10.4. The molecular weight excluding hydrogens is 446 g/mol. The number of ketones is 1. The first-order chi connectivity index (χ1) is 16.2. The molecule has 1 N–H and O–H groups in total. The van der Waals surface area contributed by atoms with E-state index in [1.54, 1.807) is 32.5 Å². The van der Waals surface area contributed by atoms with E-state index in [1.165, 1.54) is 10.5 Å². The third kappa shape index (κ3) is 6.22. The fraction of sp³-hybridized carbons (Fsp3) is 0.500. The summed E-state index contributed by atoms with van der Waals surface area (Å²) in [6.07, 6.45) is 3.88. The predicted molar refractivity (Wildman–Crippen MR) is 138 cm³/mol. The number of benzene rings is 2. The first kappa shape index (κ1) is 26.3. The molecule has 6 heteroatoms. The van der Waals surface area contributed by atoms with E-state index in [0.29, 0.717) is 12.5 Å². The Bertz CT molecular complexity index is 993. The number of hydrogen-bond acceptors (Lipinski definition) is 6. The van der Waals surface area contributed by atoms with E-state index in [2.05, 4.69) is 17.4 Å². The minimum absolute atomic E-state index is 0.00954. The molecule has 184 valence electrons. The van der Waals surface area contributed by atoms with Crippen LogP contribution in [0.15, 0.2) is 41.3 Å². The van der Waals surface area contributed by atoms with Crippen LogP contribution in [0.25, 0.3) is 0 Å². The fourth-order valence-electron chi connectivity index (χ4n) is 4.61. The lowest BCUT2D eigenvalue weighted by Crippen LogP contribution is -2.40. The third-order valence-corrected chi connectivity index (χ3v) is 7.24. The van der Waals surface area contributed by atoms with Gasteiger partial charge in [-0.15, -0.1) is 11.8 Å². The number of nitrogens with one attached hydrogen (secondary N) is 1. The van der Waals surface area contributed by atoms with Gasteiger partial charge in [-0.1, -0.05) is 24.3 Å². The molecule has 34 heavy (non-hydrogen) atoms. The van der Waals surface area contributed by atoms with Gasteiger partial charge < -0.3 is 14.8 Å². The lowest BCUT2D eigenvalue weighted by Gasteiger charge is -2.26. The van der Waals surface area contributed by atoms with Gasteiger partial charge in [-0.3, -0.25) is 4.79 Å². The molecule has 2 aromatic rings. The molecule has 2 atom stereocenters. The lowest BCUT2D eigenvalue weighted by atomic mass is 9.84. The predicted octanol–water partition coefficient (Wildman–Crippen LogP) is 5.40. The first-order valence-corrected chi connectivity index (χ1v) is 13.2. The van der Waals surface area contributed by atoms with Crippen molar-refractivity contribution in [2.24, 2.45) is 11.8 Å². The largest absolute Gasteiger partial charge is 0.476 e. The van der Waals surface area contributed by atoms with Gasteiger partial charge in [-0.2, -0.15) is 0 Å². The number of thioether (sulfide) groups is 1. The van der Waals surface area contributed by atoms with Crippen LogP contribution in [-0.2, 0) is 16.0 Å². The van der Waals surface area contributed by atoms with Crippen molar-refractivity contribution >= 4 is 23.5 Å². The summed E-state index contributed by atoms with van der Waals surface area (Å²) in [4.78, 5) is 26.6. The van der Waals surface area contributed by atoms with Crippen LogP contribution in [0.2, 0.25) is 0 Å². The smallest absolute Gasteiger partial charge is 0.349 e. The summed E-state index contributed by atoms with van der Waals surface area (Å²) >= 11 is 1.68. The van der Waals surface area contributed by atoms with Crippen molar-refractivity contribution in [3.05, 3.63) is 58.7 Å². The van der Waals surface area contributed by atoms with E-state index >= 15 is 0 Å². The van der Waals surface area contributed by atoms with Gasteiger partial charge in [-0.25, -0.2) is 4.79 Å². The highest BCUT2D eigenvalue weighted by molar-refractivity contribution is 7.98. The monoisotopic (exact) mass is 483 g/mol. The molecule has 0 bridgehead atoms. The number of Topliss-reactive ketones (excluding diaryl/α,β-unsaturated/α-hetero) is 1. The first-order valence-electron chi connectivity index (χ1n) is 12.0. The van der Waals surface area contributed by atoms with Crippen molar-refractivity contribution in [1.29, 1.82) is 0 Å². The molecule has 1 aliphatic rings. The molecule has 0 radical (unpaired) electrons. The molecule has 0 amide bonds. The van der Waals surface area contributed by atoms with Crippen LogP contribution in [-0.4, -0.2) is 43.3 Å². The highest BCUT2D eigenvalue weighted by Gasteiger charge is 2.34. The van der Waals surface area contributed by atoms with Gasteiger partial charge in [0.2, 0.25) is 0 Å². The number of hydrogen-bond donors (Lipinski definition) is 1. The molecule has 1 fully saturated rings. The second kappa shape index (κ2) is 11.4. The second-order valence-electron chi connectivity index (χ2n) is 9.55. The summed E-state index contributed by atoms with van der Waals surface area (Å²) in [6.45, 7) is 11.2. The average molecular weight is 484 g/mol. The van der Waals surface area contributed by atoms with Gasteiger partial charge in [0.05, 0.1) is 6.61 Å². The maximum absolute atomic E-state index is 13.2. The van der Waals surface area contributed by atoms with Gasteiger partial charge in [0.25, 0.3) is 0 Å². The van der Waals surface area contributed by atoms with E-state index in [9.17, 15) is 9.59 Å². The summed E-state index contributed by atoms with van der Waals surface area (Å²) in [5.41, 5.74) is 2.97. The Morgan fingerprint density at radius 3 is 2.32 bits per heavy atom. The molecule has 1 aliphatic heterocycles. The molecule has 0 aromatic heterocycles. The molecule has 1 unspecified atom stereocenters. The maximum Gasteiger partial charge on any atom is 0.349 e. The number of carbonyl (C=O) groups is 2. The van der Waals surface area contributed by atoms with Crippen molar-refractivity contribution in [2.45, 2.75) is 58.0 Å². The number of esters is 1. The van der Waals surface area contributed by atoms with E-state index < -0.39 is 5.60 Å². The Labute approximate surface area is 208 Å². The highest BCUT2D eigenvalue weighted by atomic mass is 32.2. The molecule has 0 saturated carbocycles. The quantitative estimate of drug-likeness (QED) is 0.277. The number of rotatable bonds is 10. The van der Waals surface area contributed by atoms with Crippen LogP contribution in [0.3, 0.4) is 0 Å². The normalized spacial score (nSPS) is 18.1. The Morgan fingerprint density at radius 2 is 1.74 bits per heavy atom. The summed E-state index contributed by atoms with van der Waals surface area (Å²) in [7, 11) is 0. The van der Waals surface area contributed by atoms with Gasteiger partial charge in [0, 0.05) is 22.9 Å². The summed E-state index contributed by atoms with van der Waals surface area (Å²) in [5, 5.41) is 3.42. The molecule has 0 spiro atoms. The van der Waals surface area contributed by atoms with Crippen molar-refractivity contribution in [3.8, 4) is 5.75 Å². The summed E-state index contributed by atoms with van der Waals surface area (Å²) in [5.74, 6) is 0.916. The Hall–Kier alpha value is -2.31. The van der Waals surface area contributed by atoms with Crippen LogP contribution in [0, 0.1) is 25.7 Å². The minimum Gasteiger partial charge on any atom is -0.476 e. The molecule has 1 saturated heterocycles. The molecule has 0 aliphatic carbocycles. The fourth-order valence-corrected chi connectivity index (χ4v) is 5.02. The molecular formula is C28H37NO4S. The van der Waals surface area contributed by atoms with E-state index in [-0.39, 0.29) is 17.7 Å². The van der Waals surface area contributed by atoms with Crippen LogP contribution < -0.4 is 10.1 Å².